The van der Waals surface area contributed by atoms with Crippen molar-refractivity contribution >= 4 is 23.2 Å². The van der Waals surface area contributed by atoms with Gasteiger partial charge in [-0.2, -0.15) is 5.10 Å². The summed E-state index contributed by atoms with van der Waals surface area (Å²) in [4.78, 5) is 14.2. The highest BCUT2D eigenvalue weighted by atomic mass is 35.5. The van der Waals surface area contributed by atoms with Crippen LogP contribution in [0.25, 0.3) is 0 Å². The molecular formula is C17H23ClN4O. The zero-order chi connectivity index (χ0) is 17.1. The minimum atomic E-state index is -0.0583. The van der Waals surface area contributed by atoms with Gasteiger partial charge in [0, 0.05) is 35.6 Å². The van der Waals surface area contributed by atoms with E-state index in [0.717, 1.165) is 22.6 Å². The summed E-state index contributed by atoms with van der Waals surface area (Å²) in [7, 11) is 3.86. The van der Waals surface area contributed by atoms with Crippen LogP contribution in [0.4, 0.5) is 5.69 Å². The molecule has 1 aromatic carbocycles. The largest absolute Gasteiger partial charge is 0.325 e. The summed E-state index contributed by atoms with van der Waals surface area (Å²) in [5.41, 5.74) is 5.04. The fraction of sp³-hybridized carbons (Fsp3) is 0.412. The van der Waals surface area contributed by atoms with Gasteiger partial charge in [-0.1, -0.05) is 17.7 Å². The van der Waals surface area contributed by atoms with Crippen molar-refractivity contribution in [1.29, 1.82) is 0 Å². The molecule has 6 heteroatoms. The van der Waals surface area contributed by atoms with E-state index >= 15 is 0 Å². The van der Waals surface area contributed by atoms with E-state index in [1.807, 2.05) is 56.6 Å². The molecule has 23 heavy (non-hydrogen) atoms. The van der Waals surface area contributed by atoms with Crippen LogP contribution >= 0.6 is 11.6 Å². The SMILES string of the molecule is Cc1ccc(Cl)cc1NC(=O)CN(C)Cc1c(C)nn(C)c1C. The topological polar surface area (TPSA) is 50.2 Å². The number of halogens is 1. The summed E-state index contributed by atoms with van der Waals surface area (Å²) in [6, 6.07) is 5.47. The molecule has 0 saturated carbocycles. The Balaban J connectivity index is 1.98. The van der Waals surface area contributed by atoms with Crippen LogP contribution in [0.1, 0.15) is 22.5 Å². The van der Waals surface area contributed by atoms with Crippen molar-refractivity contribution < 1.29 is 4.79 Å². The first-order valence-electron chi connectivity index (χ1n) is 7.51. The summed E-state index contributed by atoms with van der Waals surface area (Å²) >= 11 is 5.98. The number of amides is 1. The molecule has 0 unspecified atom stereocenters. The van der Waals surface area contributed by atoms with Crippen molar-refractivity contribution in [3.05, 3.63) is 45.7 Å². The van der Waals surface area contributed by atoms with Gasteiger partial charge in [-0.05, 0) is 45.5 Å². The summed E-state index contributed by atoms with van der Waals surface area (Å²) in [5, 5.41) is 7.93. The van der Waals surface area contributed by atoms with Crippen molar-refractivity contribution in [2.75, 3.05) is 18.9 Å². The van der Waals surface area contributed by atoms with Gasteiger partial charge in [-0.15, -0.1) is 0 Å². The molecule has 0 aliphatic carbocycles. The average Bonchev–Trinajstić information content (AvgIpc) is 2.69. The molecule has 1 aromatic heterocycles. The first kappa shape index (κ1) is 17.5. The van der Waals surface area contributed by atoms with Crippen LogP contribution in [0.2, 0.25) is 5.02 Å². The summed E-state index contributed by atoms with van der Waals surface area (Å²) in [6.45, 7) is 6.97. The maximum atomic E-state index is 12.2. The second-order valence-corrected chi connectivity index (χ2v) is 6.39. The number of rotatable bonds is 5. The first-order valence-corrected chi connectivity index (χ1v) is 7.89. The van der Waals surface area contributed by atoms with Crippen molar-refractivity contribution in [2.45, 2.75) is 27.3 Å². The van der Waals surface area contributed by atoms with Crippen molar-refractivity contribution in [1.82, 2.24) is 14.7 Å². The second-order valence-electron chi connectivity index (χ2n) is 5.95. The summed E-state index contributed by atoms with van der Waals surface area (Å²) in [6.07, 6.45) is 0. The Bertz CT molecular complexity index is 724. The van der Waals surface area contributed by atoms with Crippen molar-refractivity contribution in [3.63, 3.8) is 0 Å². The number of hydrogen-bond acceptors (Lipinski definition) is 3. The molecule has 0 saturated heterocycles. The van der Waals surface area contributed by atoms with Crippen LogP contribution < -0.4 is 5.32 Å². The van der Waals surface area contributed by atoms with Gasteiger partial charge >= 0.3 is 0 Å². The molecule has 0 spiro atoms. The fourth-order valence-corrected chi connectivity index (χ4v) is 2.71. The lowest BCUT2D eigenvalue weighted by molar-refractivity contribution is -0.117. The van der Waals surface area contributed by atoms with E-state index < -0.39 is 0 Å². The second kappa shape index (κ2) is 7.15. The van der Waals surface area contributed by atoms with E-state index in [4.69, 9.17) is 11.6 Å². The molecule has 1 N–H and O–H groups in total. The van der Waals surface area contributed by atoms with Crippen LogP contribution in [0.5, 0.6) is 0 Å². The molecule has 5 nitrogen and oxygen atoms in total. The number of hydrogen-bond donors (Lipinski definition) is 1. The Morgan fingerprint density at radius 1 is 1.35 bits per heavy atom. The maximum absolute atomic E-state index is 12.2. The van der Waals surface area contributed by atoms with Crippen molar-refractivity contribution in [3.8, 4) is 0 Å². The van der Waals surface area contributed by atoms with Gasteiger partial charge in [0.15, 0.2) is 0 Å². The monoisotopic (exact) mass is 334 g/mol. The lowest BCUT2D eigenvalue weighted by Crippen LogP contribution is -2.30. The third-order valence-electron chi connectivity index (χ3n) is 3.97. The summed E-state index contributed by atoms with van der Waals surface area (Å²) < 4.78 is 1.87. The first-order chi connectivity index (χ1) is 10.8. The normalized spacial score (nSPS) is 11.1. The molecule has 0 fully saturated rings. The van der Waals surface area contributed by atoms with E-state index in [9.17, 15) is 4.79 Å². The lowest BCUT2D eigenvalue weighted by Gasteiger charge is -2.17. The lowest BCUT2D eigenvalue weighted by atomic mass is 10.2. The molecule has 1 amide bonds. The van der Waals surface area contributed by atoms with Gasteiger partial charge in [-0.25, -0.2) is 0 Å². The van der Waals surface area contributed by atoms with Gasteiger partial charge in [0.2, 0.25) is 5.91 Å². The summed E-state index contributed by atoms with van der Waals surface area (Å²) in [5.74, 6) is -0.0583. The molecule has 124 valence electrons. The van der Waals surface area contributed by atoms with Crippen LogP contribution in [-0.4, -0.2) is 34.2 Å². The molecule has 0 aliphatic heterocycles. The highest BCUT2D eigenvalue weighted by Crippen LogP contribution is 2.20. The van der Waals surface area contributed by atoms with Crippen LogP contribution in [0.15, 0.2) is 18.2 Å². The molecule has 0 aliphatic rings. The van der Waals surface area contributed by atoms with E-state index in [0.29, 0.717) is 18.1 Å². The van der Waals surface area contributed by atoms with E-state index in [1.54, 1.807) is 6.07 Å². The van der Waals surface area contributed by atoms with E-state index in [1.165, 1.54) is 5.56 Å². The third-order valence-corrected chi connectivity index (χ3v) is 4.21. The number of anilines is 1. The number of aromatic nitrogens is 2. The zero-order valence-electron chi connectivity index (χ0n) is 14.3. The highest BCUT2D eigenvalue weighted by molar-refractivity contribution is 6.31. The molecule has 0 atom stereocenters. The number of carbonyl (C=O) groups is 1. The van der Waals surface area contributed by atoms with Crippen LogP contribution in [0, 0.1) is 20.8 Å². The minimum absolute atomic E-state index is 0.0583. The Morgan fingerprint density at radius 3 is 2.65 bits per heavy atom. The van der Waals surface area contributed by atoms with Gasteiger partial charge in [0.1, 0.15) is 0 Å². The Morgan fingerprint density at radius 2 is 2.04 bits per heavy atom. The fourth-order valence-electron chi connectivity index (χ4n) is 2.54. The van der Waals surface area contributed by atoms with Crippen LogP contribution in [0.3, 0.4) is 0 Å². The molecule has 0 bridgehead atoms. The number of carbonyl (C=O) groups excluding carboxylic acids is 1. The Kier molecular flexibility index (Phi) is 5.44. The smallest absolute Gasteiger partial charge is 0.238 e. The number of likely N-dealkylation sites (N-methyl/N-ethyl adjacent to an activating group) is 1. The van der Waals surface area contributed by atoms with Crippen molar-refractivity contribution in [2.24, 2.45) is 7.05 Å². The molecule has 0 radical (unpaired) electrons. The predicted molar refractivity (Wildman–Crippen MR) is 93.8 cm³/mol. The highest BCUT2D eigenvalue weighted by Gasteiger charge is 2.14. The van der Waals surface area contributed by atoms with Crippen LogP contribution in [-0.2, 0) is 18.4 Å². The van der Waals surface area contributed by atoms with Gasteiger partial charge in [-0.3, -0.25) is 14.4 Å². The minimum Gasteiger partial charge on any atom is -0.325 e. The molecular weight excluding hydrogens is 312 g/mol. The number of nitrogens with one attached hydrogen (secondary N) is 1. The van der Waals surface area contributed by atoms with Gasteiger partial charge in [0.25, 0.3) is 0 Å². The molecule has 2 rings (SSSR count). The average molecular weight is 335 g/mol. The Labute approximate surface area is 142 Å². The van der Waals surface area contributed by atoms with Gasteiger partial charge < -0.3 is 5.32 Å². The number of nitrogens with zero attached hydrogens (tertiary/aromatic N) is 3. The van der Waals surface area contributed by atoms with E-state index in [2.05, 4.69) is 10.4 Å². The van der Waals surface area contributed by atoms with E-state index in [-0.39, 0.29) is 5.91 Å². The molecule has 2 aromatic rings. The Hall–Kier alpha value is -1.85. The zero-order valence-corrected chi connectivity index (χ0v) is 15.0. The predicted octanol–water partition coefficient (Wildman–Crippen LogP) is 3.07. The van der Waals surface area contributed by atoms with Gasteiger partial charge in [0.05, 0.1) is 12.2 Å². The third kappa shape index (κ3) is 4.33. The standard InChI is InChI=1S/C17H23ClN4O/c1-11-6-7-14(18)8-16(11)19-17(23)10-21(4)9-15-12(2)20-22(5)13(15)3/h6-8H,9-10H2,1-5H3,(H,19,23). The molecule has 1 heterocycles. The maximum Gasteiger partial charge on any atom is 0.238 e. The quantitative estimate of drug-likeness (QED) is 0.914. The number of benzene rings is 1. The number of aryl methyl sites for hydroxylation is 3.